The van der Waals surface area contributed by atoms with E-state index in [1.807, 2.05) is 85.3 Å². The number of piperazine rings is 1. The van der Waals surface area contributed by atoms with E-state index in [9.17, 15) is 30.4 Å². The average Bonchev–Trinajstić information content (AvgIpc) is 3.26. The molecule has 2 N–H and O–H groups in total. The molecule has 1 aliphatic heterocycles. The first-order valence-electron chi connectivity index (χ1n) is 20.2. The summed E-state index contributed by atoms with van der Waals surface area (Å²) in [6, 6.07) is 34.4. The van der Waals surface area contributed by atoms with E-state index in [0.717, 1.165) is 79.7 Å². The molecule has 62 heavy (non-hydrogen) atoms. The van der Waals surface area contributed by atoms with Crippen molar-refractivity contribution >= 4 is 72.1 Å². The third-order valence-electron chi connectivity index (χ3n) is 10.8. The summed E-state index contributed by atoms with van der Waals surface area (Å²) < 4.78 is 79.9. The third kappa shape index (κ3) is 12.1. The van der Waals surface area contributed by atoms with Gasteiger partial charge in [0.05, 0.1) is 15.5 Å². The first-order chi connectivity index (χ1) is 29.6. The number of carbonyl (C=O) groups excluding carboxylic acids is 1. The van der Waals surface area contributed by atoms with Gasteiger partial charge in [-0.05, 0) is 115 Å². The van der Waals surface area contributed by atoms with Gasteiger partial charge in [0.2, 0.25) is 0 Å². The van der Waals surface area contributed by atoms with Crippen LogP contribution >= 0.6 is 35.0 Å². The molecule has 1 fully saturated rings. The molecule has 0 saturated carbocycles. The van der Waals surface area contributed by atoms with Gasteiger partial charge in [-0.15, -0.1) is 11.8 Å². The standard InChI is InChI=1S/C45H49Cl2F2N5O5S3/c1-3-52(4-2)25-24-37(32-60-39-11-6-5-7-12-39)50-42-23-22-40(30-43(42)61(56,57)45(47,48)49)62(58,59)51-44(55)34-16-20-38(21-17-34)54-28-26-53(27-29-54)31-35-10-8-9-13-41(35)33-14-18-36(46)19-15-33/h5-23,30,37,50H,3-4,24-29,31-32H2,1-2H3,(H,51,55)/t37-/m1/s1. The van der Waals surface area contributed by atoms with E-state index in [-0.39, 0.29) is 11.3 Å². The van der Waals surface area contributed by atoms with Crippen molar-refractivity contribution in [2.45, 2.75) is 52.3 Å². The molecule has 0 bridgehead atoms. The molecule has 0 radical (unpaired) electrons. The van der Waals surface area contributed by atoms with Crippen LogP contribution in [0.2, 0.25) is 5.02 Å². The van der Waals surface area contributed by atoms with Gasteiger partial charge in [-0.25, -0.2) is 21.6 Å². The Balaban J connectivity index is 1.13. The molecule has 1 heterocycles. The minimum atomic E-state index is -5.61. The van der Waals surface area contributed by atoms with Gasteiger partial charge in [0, 0.05) is 72.2 Å². The minimum absolute atomic E-state index is 0.0279. The lowest BCUT2D eigenvalue weighted by Gasteiger charge is -2.36. The van der Waals surface area contributed by atoms with Gasteiger partial charge in [-0.3, -0.25) is 9.69 Å². The number of hydrogen-bond donors (Lipinski definition) is 2. The maximum absolute atomic E-state index is 14.5. The van der Waals surface area contributed by atoms with Crippen molar-refractivity contribution in [3.8, 4) is 11.1 Å². The lowest BCUT2D eigenvalue weighted by atomic mass is 9.99. The van der Waals surface area contributed by atoms with Gasteiger partial charge < -0.3 is 15.1 Å². The first-order valence-corrected chi connectivity index (χ1v) is 24.9. The van der Waals surface area contributed by atoms with Gasteiger partial charge >= 0.3 is 4.71 Å². The molecule has 10 nitrogen and oxygen atoms in total. The fourth-order valence-electron chi connectivity index (χ4n) is 7.18. The maximum atomic E-state index is 14.5. The molecule has 1 amide bonds. The summed E-state index contributed by atoms with van der Waals surface area (Å²) in [6.45, 7) is 10.0. The van der Waals surface area contributed by atoms with E-state index in [1.165, 1.54) is 29.5 Å². The summed E-state index contributed by atoms with van der Waals surface area (Å²) in [5.41, 5.74) is 4.09. The fraction of sp³-hybridized carbons (Fsp3) is 0.311. The number of anilines is 2. The van der Waals surface area contributed by atoms with Gasteiger partial charge in [-0.1, -0.05) is 80.0 Å². The van der Waals surface area contributed by atoms with Crippen molar-refractivity contribution in [1.29, 1.82) is 0 Å². The van der Waals surface area contributed by atoms with E-state index in [4.69, 9.17) is 23.2 Å². The molecule has 1 saturated heterocycles. The molecule has 0 unspecified atom stereocenters. The highest BCUT2D eigenvalue weighted by Crippen LogP contribution is 2.38. The normalized spacial score (nSPS) is 14.5. The van der Waals surface area contributed by atoms with Crippen molar-refractivity contribution in [3.05, 3.63) is 137 Å². The molecule has 6 rings (SSSR count). The highest BCUT2D eigenvalue weighted by Gasteiger charge is 2.46. The Morgan fingerprint density at radius 3 is 2.13 bits per heavy atom. The Morgan fingerprint density at radius 1 is 0.839 bits per heavy atom. The molecule has 5 aromatic rings. The molecule has 330 valence electrons. The summed E-state index contributed by atoms with van der Waals surface area (Å²) in [4.78, 5) is 19.3. The summed E-state index contributed by atoms with van der Waals surface area (Å²) in [7, 11) is -10.4. The maximum Gasteiger partial charge on any atom is 0.427 e. The number of sulfone groups is 1. The smallest absolute Gasteiger partial charge is 0.380 e. The second kappa shape index (κ2) is 21.0. The predicted molar refractivity (Wildman–Crippen MR) is 247 cm³/mol. The van der Waals surface area contributed by atoms with Crippen molar-refractivity contribution < 1.29 is 30.4 Å². The molecule has 1 atom stereocenters. The number of thioether (sulfide) groups is 1. The number of nitrogens with one attached hydrogen (secondary N) is 2. The molecule has 17 heteroatoms. The molecule has 1 aliphatic rings. The quantitative estimate of drug-likeness (QED) is 0.0613. The van der Waals surface area contributed by atoms with E-state index >= 15 is 0 Å². The predicted octanol–water partition coefficient (Wildman–Crippen LogP) is 9.32. The highest BCUT2D eigenvalue weighted by atomic mass is 35.5. The van der Waals surface area contributed by atoms with Crippen LogP contribution in [-0.2, 0) is 26.4 Å². The zero-order valence-corrected chi connectivity index (χ0v) is 38.3. The molecule has 0 spiro atoms. The van der Waals surface area contributed by atoms with Crippen LogP contribution in [0, 0.1) is 0 Å². The zero-order valence-electron chi connectivity index (χ0n) is 34.3. The Labute approximate surface area is 377 Å². The van der Waals surface area contributed by atoms with Crippen molar-refractivity contribution in [3.63, 3.8) is 0 Å². The molecular weight excluding hydrogens is 896 g/mol. The van der Waals surface area contributed by atoms with E-state index in [0.29, 0.717) is 29.8 Å². The van der Waals surface area contributed by atoms with Crippen LogP contribution in [0.15, 0.2) is 136 Å². The SMILES string of the molecule is CCN(CC)CC[C@H](CSc1ccccc1)Nc1ccc(S(=O)(=O)NC(=O)c2ccc(N3CCN(Cc4ccccc4-c4ccc(Cl)cc4)CC3)cc2)cc1S(=O)(=O)C(F)(F)Cl. The van der Waals surface area contributed by atoms with Crippen LogP contribution in [0.25, 0.3) is 11.1 Å². The number of amides is 1. The highest BCUT2D eigenvalue weighted by molar-refractivity contribution is 7.99. The molecular formula is C45H49Cl2F2N5O5S3. The van der Waals surface area contributed by atoms with Crippen molar-refractivity contribution in [2.24, 2.45) is 0 Å². The second-order valence-corrected chi connectivity index (χ2v) is 20.7. The monoisotopic (exact) mass is 943 g/mol. The number of carbonyl (C=O) groups is 1. The van der Waals surface area contributed by atoms with Gasteiger partial charge in [0.15, 0.2) is 0 Å². The minimum Gasteiger partial charge on any atom is -0.380 e. The fourth-order valence-corrected chi connectivity index (χ4v) is 10.6. The van der Waals surface area contributed by atoms with Crippen molar-refractivity contribution in [1.82, 2.24) is 14.5 Å². The third-order valence-corrected chi connectivity index (χ3v) is 15.7. The molecule has 0 aliphatic carbocycles. The average molecular weight is 945 g/mol. The van der Waals surface area contributed by atoms with Gasteiger partial charge in [-0.2, -0.15) is 8.78 Å². The first kappa shape index (κ1) is 47.3. The lowest BCUT2D eigenvalue weighted by Crippen LogP contribution is -2.46. The number of sulfonamides is 1. The van der Waals surface area contributed by atoms with Crippen LogP contribution in [0.3, 0.4) is 0 Å². The number of halogens is 4. The number of rotatable bonds is 19. The van der Waals surface area contributed by atoms with Crippen molar-refractivity contribution in [2.75, 3.05) is 61.8 Å². The Bertz CT molecular complexity index is 2500. The Hall–Kier alpha value is -4.22. The molecule has 0 aromatic heterocycles. The van der Waals surface area contributed by atoms with Crippen LogP contribution in [-0.4, -0.2) is 94.9 Å². The molecule has 5 aromatic carbocycles. The van der Waals surface area contributed by atoms with Crippen LogP contribution < -0.4 is 14.9 Å². The largest absolute Gasteiger partial charge is 0.427 e. The van der Waals surface area contributed by atoms with Crippen LogP contribution in [0.4, 0.5) is 20.2 Å². The lowest BCUT2D eigenvalue weighted by molar-refractivity contribution is 0.0981. The topological polar surface area (TPSA) is 119 Å². The van der Waals surface area contributed by atoms with E-state index in [1.54, 1.807) is 12.1 Å². The van der Waals surface area contributed by atoms with Gasteiger partial charge in [0.1, 0.15) is 0 Å². The van der Waals surface area contributed by atoms with E-state index < -0.39 is 46.3 Å². The number of hydrogen-bond acceptors (Lipinski definition) is 10. The summed E-state index contributed by atoms with van der Waals surface area (Å²) >= 11 is 12.7. The van der Waals surface area contributed by atoms with E-state index in [2.05, 4.69) is 32.1 Å². The summed E-state index contributed by atoms with van der Waals surface area (Å²) in [5, 5.41) is 3.77. The number of nitrogens with zero attached hydrogens (tertiary/aromatic N) is 3. The van der Waals surface area contributed by atoms with Crippen LogP contribution in [0.5, 0.6) is 0 Å². The number of alkyl halides is 3. The second-order valence-electron chi connectivity index (χ2n) is 14.8. The Morgan fingerprint density at radius 2 is 1.48 bits per heavy atom. The Kier molecular flexibility index (Phi) is 16.0. The number of benzene rings is 5. The summed E-state index contributed by atoms with van der Waals surface area (Å²) in [5.74, 6) is -0.544. The van der Waals surface area contributed by atoms with Crippen LogP contribution in [0.1, 0.15) is 36.2 Å². The zero-order chi connectivity index (χ0) is 44.5. The summed E-state index contributed by atoms with van der Waals surface area (Å²) in [6.07, 6.45) is 0.518. The van der Waals surface area contributed by atoms with Gasteiger partial charge in [0.25, 0.3) is 25.8 Å².